The largest absolute Gasteiger partial charge is 0.504 e. The van der Waals surface area contributed by atoms with E-state index >= 15 is 0 Å². The van der Waals surface area contributed by atoms with Crippen molar-refractivity contribution in [1.29, 1.82) is 0 Å². The number of aliphatic hydroxyl groups is 1. The molecule has 0 fully saturated rings. The van der Waals surface area contributed by atoms with Crippen LogP contribution in [0.2, 0.25) is 0 Å². The molecule has 0 unspecified atom stereocenters. The molecule has 16 heavy (non-hydrogen) atoms. The third-order valence-corrected chi connectivity index (χ3v) is 2.10. The number of hydrogen-bond donors (Lipinski definition) is 2. The molecule has 0 saturated heterocycles. The lowest BCUT2D eigenvalue weighted by molar-refractivity contribution is 0.0484. The van der Waals surface area contributed by atoms with E-state index in [4.69, 9.17) is 4.74 Å². The summed E-state index contributed by atoms with van der Waals surface area (Å²) in [7, 11) is 0. The van der Waals surface area contributed by atoms with Crippen LogP contribution < -0.4 is 4.74 Å². The summed E-state index contributed by atoms with van der Waals surface area (Å²) in [4.78, 5) is 11.8. The van der Waals surface area contributed by atoms with Crippen LogP contribution in [-0.4, -0.2) is 28.2 Å². The van der Waals surface area contributed by atoms with Crippen molar-refractivity contribution in [3.8, 4) is 11.5 Å². The van der Waals surface area contributed by atoms with E-state index in [1.54, 1.807) is 19.1 Å². The van der Waals surface area contributed by atoms with E-state index in [1.165, 1.54) is 19.9 Å². The van der Waals surface area contributed by atoms with Crippen molar-refractivity contribution in [2.45, 2.75) is 26.4 Å². The van der Waals surface area contributed by atoms with Crippen LogP contribution in [-0.2, 0) is 0 Å². The summed E-state index contributed by atoms with van der Waals surface area (Å²) in [6.45, 7) is 4.93. The summed E-state index contributed by atoms with van der Waals surface area (Å²) in [5, 5.41) is 19.4. The van der Waals surface area contributed by atoms with Crippen LogP contribution in [0.25, 0.3) is 0 Å². The average molecular weight is 224 g/mol. The van der Waals surface area contributed by atoms with Gasteiger partial charge >= 0.3 is 0 Å². The van der Waals surface area contributed by atoms with Crippen LogP contribution >= 0.6 is 0 Å². The summed E-state index contributed by atoms with van der Waals surface area (Å²) in [5.74, 6) is -0.513. The quantitative estimate of drug-likeness (QED) is 0.764. The number of ketones is 1. The Morgan fingerprint density at radius 1 is 1.44 bits per heavy atom. The highest BCUT2D eigenvalue weighted by molar-refractivity contribution is 6.04. The van der Waals surface area contributed by atoms with Gasteiger partial charge in [-0.15, -0.1) is 0 Å². The molecule has 1 aromatic carbocycles. The standard InChI is InChI=1S/C12H16O4/c1-4-16-9-7-5-6-8(10(9)13)11(14)12(2,3)15/h5-7,13,15H,4H2,1-3H3. The molecule has 4 heteroatoms. The molecule has 0 spiro atoms. The Morgan fingerprint density at radius 2 is 2.06 bits per heavy atom. The van der Waals surface area contributed by atoms with E-state index in [9.17, 15) is 15.0 Å². The zero-order valence-corrected chi connectivity index (χ0v) is 9.65. The van der Waals surface area contributed by atoms with Crippen molar-refractivity contribution in [3.05, 3.63) is 23.8 Å². The number of carbonyl (C=O) groups is 1. The average Bonchev–Trinajstić information content (AvgIpc) is 2.19. The molecular weight excluding hydrogens is 208 g/mol. The van der Waals surface area contributed by atoms with Gasteiger partial charge in [0.2, 0.25) is 0 Å². The van der Waals surface area contributed by atoms with Gasteiger partial charge in [-0.1, -0.05) is 6.07 Å². The molecule has 0 aliphatic rings. The molecule has 0 aliphatic heterocycles. The minimum Gasteiger partial charge on any atom is -0.504 e. The number of carbonyl (C=O) groups excluding carboxylic acids is 1. The summed E-state index contributed by atoms with van der Waals surface area (Å²) < 4.78 is 5.16. The third kappa shape index (κ3) is 2.52. The number of phenols is 1. The van der Waals surface area contributed by atoms with Crippen LogP contribution in [0.3, 0.4) is 0 Å². The lowest BCUT2D eigenvalue weighted by atomic mass is 9.96. The predicted octanol–water partition coefficient (Wildman–Crippen LogP) is 1.74. The van der Waals surface area contributed by atoms with Crippen molar-refractivity contribution < 1.29 is 19.7 Å². The van der Waals surface area contributed by atoms with Crippen molar-refractivity contribution in [1.82, 2.24) is 0 Å². The van der Waals surface area contributed by atoms with Crippen LogP contribution in [0.1, 0.15) is 31.1 Å². The zero-order chi connectivity index (χ0) is 12.3. The maximum absolute atomic E-state index is 11.8. The first-order chi connectivity index (χ1) is 7.38. The lowest BCUT2D eigenvalue weighted by Crippen LogP contribution is -2.31. The fraction of sp³-hybridized carbons (Fsp3) is 0.417. The SMILES string of the molecule is CCOc1cccc(C(=O)C(C)(C)O)c1O. The van der Waals surface area contributed by atoms with Crippen molar-refractivity contribution in [3.63, 3.8) is 0 Å². The van der Waals surface area contributed by atoms with Gasteiger partial charge in [0.25, 0.3) is 0 Å². The molecule has 0 aliphatic carbocycles. The Hall–Kier alpha value is -1.55. The third-order valence-electron chi connectivity index (χ3n) is 2.10. The minimum atomic E-state index is -1.51. The minimum absolute atomic E-state index is 0.0680. The van der Waals surface area contributed by atoms with Crippen LogP contribution in [0.5, 0.6) is 11.5 Å². The lowest BCUT2D eigenvalue weighted by Gasteiger charge is -2.17. The van der Waals surface area contributed by atoms with Gasteiger partial charge in [-0.25, -0.2) is 0 Å². The maximum Gasteiger partial charge on any atom is 0.197 e. The predicted molar refractivity (Wildman–Crippen MR) is 59.9 cm³/mol. The highest BCUT2D eigenvalue weighted by atomic mass is 16.5. The fourth-order valence-electron chi connectivity index (χ4n) is 1.31. The Morgan fingerprint density at radius 3 is 2.56 bits per heavy atom. The number of rotatable bonds is 4. The van der Waals surface area contributed by atoms with E-state index in [-0.39, 0.29) is 17.1 Å². The van der Waals surface area contributed by atoms with Gasteiger partial charge in [0.05, 0.1) is 12.2 Å². The molecule has 0 aromatic heterocycles. The summed E-state index contributed by atoms with van der Waals surface area (Å²) >= 11 is 0. The number of ether oxygens (including phenoxy) is 1. The second-order valence-corrected chi connectivity index (χ2v) is 3.97. The van der Waals surface area contributed by atoms with E-state index < -0.39 is 11.4 Å². The van der Waals surface area contributed by atoms with Crippen molar-refractivity contribution in [2.24, 2.45) is 0 Å². The molecule has 0 radical (unpaired) electrons. The summed E-state index contributed by atoms with van der Waals surface area (Å²) in [5.41, 5.74) is -1.44. The van der Waals surface area contributed by atoms with Gasteiger partial charge in [-0.2, -0.15) is 0 Å². The van der Waals surface area contributed by atoms with Gasteiger partial charge in [-0.3, -0.25) is 4.79 Å². The Kier molecular flexibility index (Phi) is 3.55. The number of benzene rings is 1. The molecule has 0 atom stereocenters. The fourth-order valence-corrected chi connectivity index (χ4v) is 1.31. The molecule has 88 valence electrons. The summed E-state index contributed by atoms with van der Waals surface area (Å²) in [6, 6.07) is 4.63. The Bertz CT molecular complexity index is 390. The number of hydrogen-bond acceptors (Lipinski definition) is 4. The smallest absolute Gasteiger partial charge is 0.197 e. The summed E-state index contributed by atoms with van der Waals surface area (Å²) in [6.07, 6.45) is 0. The Balaban J connectivity index is 3.16. The first-order valence-electron chi connectivity index (χ1n) is 5.10. The number of phenolic OH excluding ortho intramolecular Hbond substituents is 1. The van der Waals surface area contributed by atoms with Gasteiger partial charge in [0, 0.05) is 0 Å². The maximum atomic E-state index is 11.8. The van der Waals surface area contributed by atoms with Gasteiger partial charge in [0.15, 0.2) is 17.3 Å². The normalized spacial score (nSPS) is 11.2. The van der Waals surface area contributed by atoms with Crippen LogP contribution in [0.15, 0.2) is 18.2 Å². The van der Waals surface area contributed by atoms with E-state index in [0.29, 0.717) is 6.61 Å². The number of para-hydroxylation sites is 1. The molecule has 4 nitrogen and oxygen atoms in total. The second kappa shape index (κ2) is 4.53. The van der Waals surface area contributed by atoms with Gasteiger partial charge in [0.1, 0.15) is 5.60 Å². The molecule has 2 N–H and O–H groups in total. The number of aromatic hydroxyl groups is 1. The molecular formula is C12H16O4. The van der Waals surface area contributed by atoms with E-state index in [2.05, 4.69) is 0 Å². The number of Topliss-reactive ketones (excluding diaryl/α,β-unsaturated/α-hetero) is 1. The molecule has 0 heterocycles. The molecule has 1 rings (SSSR count). The highest BCUT2D eigenvalue weighted by Gasteiger charge is 2.28. The highest BCUT2D eigenvalue weighted by Crippen LogP contribution is 2.31. The van der Waals surface area contributed by atoms with E-state index in [0.717, 1.165) is 0 Å². The van der Waals surface area contributed by atoms with Crippen molar-refractivity contribution >= 4 is 5.78 Å². The zero-order valence-electron chi connectivity index (χ0n) is 9.65. The first-order valence-corrected chi connectivity index (χ1v) is 5.10. The molecule has 1 aromatic rings. The molecule has 0 saturated carbocycles. The molecule has 0 amide bonds. The second-order valence-electron chi connectivity index (χ2n) is 3.97. The van der Waals surface area contributed by atoms with Crippen LogP contribution in [0.4, 0.5) is 0 Å². The topological polar surface area (TPSA) is 66.8 Å². The van der Waals surface area contributed by atoms with Gasteiger partial charge in [-0.05, 0) is 32.9 Å². The van der Waals surface area contributed by atoms with Gasteiger partial charge < -0.3 is 14.9 Å². The monoisotopic (exact) mass is 224 g/mol. The van der Waals surface area contributed by atoms with Crippen LogP contribution in [0, 0.1) is 0 Å². The first kappa shape index (κ1) is 12.5. The molecule has 0 bridgehead atoms. The Labute approximate surface area is 94.5 Å². The van der Waals surface area contributed by atoms with Crippen molar-refractivity contribution in [2.75, 3.05) is 6.61 Å². The van der Waals surface area contributed by atoms with E-state index in [1.807, 2.05) is 0 Å².